The molecule has 3 atom stereocenters. The van der Waals surface area contributed by atoms with Crippen LogP contribution in [0.1, 0.15) is 37.9 Å². The van der Waals surface area contributed by atoms with Gasteiger partial charge in [0.1, 0.15) is 0 Å². The van der Waals surface area contributed by atoms with Crippen molar-refractivity contribution < 1.29 is 9.84 Å². The van der Waals surface area contributed by atoms with Gasteiger partial charge in [-0.2, -0.15) is 0 Å². The van der Waals surface area contributed by atoms with E-state index in [1.165, 1.54) is 0 Å². The van der Waals surface area contributed by atoms with Crippen LogP contribution in [0.5, 0.6) is 5.88 Å². The second kappa shape index (κ2) is 8.00. The summed E-state index contributed by atoms with van der Waals surface area (Å²) in [4.78, 5) is 18.1. The molecule has 2 aromatic heterocycles. The Morgan fingerprint density at radius 1 is 1.15 bits per heavy atom. The number of methoxy groups -OCH3 is 1. The number of ether oxygens (including phenoxy) is 1. The number of aromatic nitrogens is 3. The van der Waals surface area contributed by atoms with Crippen LogP contribution in [0.25, 0.3) is 27.5 Å². The molecule has 33 heavy (non-hydrogen) atoms. The Kier molecular flexibility index (Phi) is 5.13. The van der Waals surface area contributed by atoms with E-state index < -0.39 is 0 Å². The topological polar surface area (TPSA) is 72.5 Å². The molecule has 0 bridgehead atoms. The lowest BCUT2D eigenvalue weighted by atomic mass is 9.57. The van der Waals surface area contributed by atoms with Crippen LogP contribution in [0.2, 0.25) is 0 Å². The van der Waals surface area contributed by atoms with Gasteiger partial charge in [-0.1, -0.05) is 44.2 Å². The van der Waals surface area contributed by atoms with E-state index in [-0.39, 0.29) is 23.0 Å². The van der Waals surface area contributed by atoms with Crippen LogP contribution in [0.3, 0.4) is 0 Å². The highest BCUT2D eigenvalue weighted by molar-refractivity contribution is 5.69. The van der Waals surface area contributed by atoms with Gasteiger partial charge in [-0.15, -0.1) is 0 Å². The molecule has 0 saturated carbocycles. The zero-order valence-electron chi connectivity index (χ0n) is 19.0. The van der Waals surface area contributed by atoms with E-state index >= 15 is 0 Å². The number of pyridine rings is 1. The van der Waals surface area contributed by atoms with Gasteiger partial charge in [0.15, 0.2) is 5.82 Å². The van der Waals surface area contributed by atoms with Crippen molar-refractivity contribution in [3.63, 3.8) is 0 Å². The van der Waals surface area contributed by atoms with Crippen LogP contribution in [-0.2, 0) is 11.8 Å². The van der Waals surface area contributed by atoms with E-state index in [2.05, 4.69) is 28.9 Å². The van der Waals surface area contributed by atoms with Gasteiger partial charge >= 0.3 is 0 Å². The van der Waals surface area contributed by atoms with Crippen molar-refractivity contribution in [2.24, 2.45) is 11.8 Å². The zero-order chi connectivity index (χ0) is 23.2. The first-order chi connectivity index (χ1) is 16.0. The summed E-state index contributed by atoms with van der Waals surface area (Å²) in [6.07, 6.45) is 3.94. The van der Waals surface area contributed by atoms with Crippen molar-refractivity contribution in [1.29, 1.82) is 0 Å². The van der Waals surface area contributed by atoms with E-state index in [1.54, 1.807) is 13.3 Å². The minimum Gasteiger partial charge on any atom is -0.523 e. The van der Waals surface area contributed by atoms with Gasteiger partial charge in [-0.3, -0.25) is 0 Å². The third-order valence-electron chi connectivity index (χ3n) is 7.32. The Hall–Kier alpha value is -3.72. The summed E-state index contributed by atoms with van der Waals surface area (Å²) in [7, 11) is 1.59. The number of benzene rings is 1. The Morgan fingerprint density at radius 3 is 2.67 bits per heavy atom. The smallest absolute Gasteiger partial charge is 0.213 e. The Bertz CT molecular complexity index is 1300. The number of aliphatic hydroxyl groups excluding tert-OH is 1. The van der Waals surface area contributed by atoms with E-state index in [0.717, 1.165) is 40.9 Å². The number of aliphatic hydroxyl groups is 1. The number of nitrogens with zero attached hydrogens (tertiary/aromatic N) is 4. The standard InChI is InChI=1S/C27H26N4O2/c1-16-20-11-10-19-23(17-8-6-5-7-9-17)30-26(18-12-13-29-22(14-18)33-4)31-25(19)27(20,2)15-21(28-3)24(16)32/h5-9,12-14,16,20,32H,10-11,15H2,1-2,4H3/t16-,20-,27-/m1/s1. The summed E-state index contributed by atoms with van der Waals surface area (Å²) >= 11 is 0. The van der Waals surface area contributed by atoms with Crippen LogP contribution in [0, 0.1) is 18.4 Å². The molecule has 3 aromatic rings. The quantitative estimate of drug-likeness (QED) is 0.526. The predicted molar refractivity (Wildman–Crippen MR) is 126 cm³/mol. The number of rotatable bonds is 3. The van der Waals surface area contributed by atoms with E-state index in [1.807, 2.05) is 37.3 Å². The second-order valence-electron chi connectivity index (χ2n) is 9.15. The first-order valence-electron chi connectivity index (χ1n) is 11.2. The lowest BCUT2D eigenvalue weighted by molar-refractivity contribution is 0.135. The third-order valence-corrected chi connectivity index (χ3v) is 7.32. The minimum absolute atomic E-state index is 0.0828. The SMILES string of the molecule is [C-]#[N+]C1=C(O)[C@H](C)[C@H]2CCc3c(-c4ccccc4)nc(-c4ccnc(OC)c4)nc3[C@]2(C)C1. The number of fused-ring (bicyclic) bond motifs is 3. The normalized spacial score (nSPS) is 23.9. The molecule has 1 N–H and O–H groups in total. The summed E-state index contributed by atoms with van der Waals surface area (Å²) in [5, 5.41) is 10.7. The van der Waals surface area contributed by atoms with Crippen LogP contribution in [0.15, 0.2) is 60.1 Å². The molecule has 1 aromatic carbocycles. The highest BCUT2D eigenvalue weighted by Gasteiger charge is 2.50. The first-order valence-corrected chi connectivity index (χ1v) is 11.2. The molecule has 166 valence electrons. The second-order valence-corrected chi connectivity index (χ2v) is 9.15. The molecule has 0 radical (unpaired) electrons. The molecule has 2 aliphatic carbocycles. The molecule has 0 saturated heterocycles. The van der Waals surface area contributed by atoms with Crippen LogP contribution in [0.4, 0.5) is 0 Å². The van der Waals surface area contributed by atoms with Crippen molar-refractivity contribution in [2.45, 2.75) is 38.5 Å². The zero-order valence-corrected chi connectivity index (χ0v) is 19.0. The fraction of sp³-hybridized carbons (Fsp3) is 0.333. The minimum atomic E-state index is -0.364. The maximum atomic E-state index is 10.7. The molecule has 0 aliphatic heterocycles. The molecular formula is C27H26N4O2. The number of allylic oxidation sites excluding steroid dienone is 2. The maximum Gasteiger partial charge on any atom is 0.213 e. The van der Waals surface area contributed by atoms with Crippen molar-refractivity contribution in [2.75, 3.05) is 7.11 Å². The maximum absolute atomic E-state index is 10.7. The van der Waals surface area contributed by atoms with Crippen molar-refractivity contribution >= 4 is 0 Å². The molecule has 6 heteroatoms. The van der Waals surface area contributed by atoms with Crippen LogP contribution >= 0.6 is 0 Å². The average Bonchev–Trinajstić information content (AvgIpc) is 2.86. The van der Waals surface area contributed by atoms with Gasteiger partial charge < -0.3 is 9.84 Å². The summed E-state index contributed by atoms with van der Waals surface area (Å²) in [5.41, 5.74) is 5.02. The largest absolute Gasteiger partial charge is 0.523 e. The van der Waals surface area contributed by atoms with Gasteiger partial charge in [-0.25, -0.2) is 19.8 Å². The molecule has 2 aliphatic rings. The third kappa shape index (κ3) is 3.36. The predicted octanol–water partition coefficient (Wildman–Crippen LogP) is 5.76. The van der Waals surface area contributed by atoms with Crippen molar-refractivity contribution in [1.82, 2.24) is 15.0 Å². The fourth-order valence-electron chi connectivity index (χ4n) is 5.62. The summed E-state index contributed by atoms with van der Waals surface area (Å²) in [5.74, 6) is 1.49. The lowest BCUT2D eigenvalue weighted by Gasteiger charge is -2.48. The van der Waals surface area contributed by atoms with Gasteiger partial charge in [0.25, 0.3) is 0 Å². The Labute approximate surface area is 193 Å². The van der Waals surface area contributed by atoms with E-state index in [9.17, 15) is 5.11 Å². The Morgan fingerprint density at radius 2 is 1.94 bits per heavy atom. The highest BCUT2D eigenvalue weighted by Crippen LogP contribution is 2.54. The average molecular weight is 439 g/mol. The fourth-order valence-corrected chi connectivity index (χ4v) is 5.62. The van der Waals surface area contributed by atoms with Gasteiger partial charge in [0.2, 0.25) is 11.6 Å². The van der Waals surface area contributed by atoms with Crippen molar-refractivity contribution in [3.8, 4) is 28.5 Å². The molecule has 0 unspecified atom stereocenters. The van der Waals surface area contributed by atoms with Gasteiger partial charge in [-0.05, 0) is 31.2 Å². The van der Waals surface area contributed by atoms with Gasteiger partial charge in [0.05, 0.1) is 30.8 Å². The summed E-state index contributed by atoms with van der Waals surface area (Å²) in [6.45, 7) is 11.9. The molecule has 0 spiro atoms. The summed E-state index contributed by atoms with van der Waals surface area (Å²) < 4.78 is 5.33. The van der Waals surface area contributed by atoms with E-state index in [0.29, 0.717) is 23.8 Å². The van der Waals surface area contributed by atoms with Crippen LogP contribution in [-0.4, -0.2) is 27.2 Å². The Balaban J connectivity index is 1.77. The molecule has 2 heterocycles. The van der Waals surface area contributed by atoms with E-state index in [4.69, 9.17) is 21.3 Å². The molecule has 0 fully saturated rings. The number of hydrogen-bond donors (Lipinski definition) is 1. The van der Waals surface area contributed by atoms with Gasteiger partial charge in [0, 0.05) is 40.3 Å². The number of hydrogen-bond acceptors (Lipinski definition) is 5. The lowest BCUT2D eigenvalue weighted by Crippen LogP contribution is -2.45. The highest BCUT2D eigenvalue weighted by atomic mass is 16.5. The molecule has 0 amide bonds. The first kappa shape index (κ1) is 21.1. The monoisotopic (exact) mass is 438 g/mol. The van der Waals surface area contributed by atoms with Crippen LogP contribution < -0.4 is 4.74 Å². The molecule has 6 nitrogen and oxygen atoms in total. The molecular weight excluding hydrogens is 412 g/mol. The van der Waals surface area contributed by atoms with Crippen molar-refractivity contribution in [3.05, 3.63) is 82.8 Å². The summed E-state index contributed by atoms with van der Waals surface area (Å²) in [6, 6.07) is 13.9. The molecule has 5 rings (SSSR count).